The van der Waals surface area contributed by atoms with Gasteiger partial charge in [0.15, 0.2) is 12.4 Å². The van der Waals surface area contributed by atoms with Crippen molar-refractivity contribution in [3.63, 3.8) is 0 Å². The zero-order valence-electron chi connectivity index (χ0n) is 17.3. The third-order valence-corrected chi connectivity index (χ3v) is 6.78. The molecule has 0 aliphatic carbocycles. The van der Waals surface area contributed by atoms with E-state index in [2.05, 4.69) is 0 Å². The quantitative estimate of drug-likeness (QED) is 0.376. The molecule has 6 nitrogen and oxygen atoms in total. The average Bonchev–Trinajstić information content (AvgIpc) is 3.03. The number of benzene rings is 2. The summed E-state index contributed by atoms with van der Waals surface area (Å²) in [6, 6.07) is 17.7. The van der Waals surface area contributed by atoms with E-state index in [0.717, 1.165) is 5.56 Å². The predicted molar refractivity (Wildman–Crippen MR) is 117 cm³/mol. The SMILES string of the molecule is CC1(C)S[C@@H]2/C(=C/C(=O)COc3ccccc3)C(=O)N2[C@H]1C(=O)OCc1ccccc1. The molecular weight excluding hydrogens is 414 g/mol. The Morgan fingerprint density at radius 2 is 1.71 bits per heavy atom. The molecule has 0 spiro atoms. The van der Waals surface area contributed by atoms with Crippen molar-refractivity contribution in [2.75, 3.05) is 6.61 Å². The van der Waals surface area contributed by atoms with E-state index in [1.54, 1.807) is 12.1 Å². The number of hydrogen-bond donors (Lipinski definition) is 0. The fourth-order valence-corrected chi connectivity index (χ4v) is 5.27. The fourth-order valence-electron chi connectivity index (χ4n) is 3.73. The first-order valence-corrected chi connectivity index (χ1v) is 10.9. The Bertz CT molecular complexity index is 1020. The average molecular weight is 438 g/mol. The molecule has 2 aliphatic heterocycles. The highest BCUT2D eigenvalue weighted by Gasteiger charge is 2.61. The van der Waals surface area contributed by atoms with E-state index in [4.69, 9.17) is 9.47 Å². The number of carbonyl (C=O) groups excluding carboxylic acids is 3. The van der Waals surface area contributed by atoms with Gasteiger partial charge in [-0.1, -0.05) is 48.5 Å². The molecule has 0 radical (unpaired) electrons. The molecule has 160 valence electrons. The summed E-state index contributed by atoms with van der Waals surface area (Å²) in [6.07, 6.45) is 1.34. The van der Waals surface area contributed by atoms with Crippen molar-refractivity contribution in [1.29, 1.82) is 0 Å². The highest BCUT2D eigenvalue weighted by molar-refractivity contribution is 8.01. The van der Waals surface area contributed by atoms with E-state index >= 15 is 0 Å². The molecule has 2 aromatic rings. The Morgan fingerprint density at radius 3 is 2.39 bits per heavy atom. The van der Waals surface area contributed by atoms with Gasteiger partial charge < -0.3 is 14.4 Å². The molecule has 0 saturated carbocycles. The summed E-state index contributed by atoms with van der Waals surface area (Å²) in [7, 11) is 0. The van der Waals surface area contributed by atoms with Crippen molar-refractivity contribution in [2.45, 2.75) is 36.6 Å². The maximum atomic E-state index is 12.8. The molecule has 0 bridgehead atoms. The number of nitrogens with zero attached hydrogens (tertiary/aromatic N) is 1. The molecule has 0 aromatic heterocycles. The maximum absolute atomic E-state index is 12.8. The molecule has 2 atom stereocenters. The fraction of sp³-hybridized carbons (Fsp3) is 0.292. The molecule has 0 N–H and O–H groups in total. The van der Waals surface area contributed by atoms with Gasteiger partial charge in [-0.2, -0.15) is 0 Å². The number of ketones is 1. The van der Waals surface area contributed by atoms with Crippen LogP contribution in [-0.4, -0.2) is 45.3 Å². The van der Waals surface area contributed by atoms with Crippen molar-refractivity contribution in [2.24, 2.45) is 0 Å². The van der Waals surface area contributed by atoms with Crippen LogP contribution in [0.25, 0.3) is 0 Å². The first-order chi connectivity index (χ1) is 14.9. The van der Waals surface area contributed by atoms with Gasteiger partial charge in [0.2, 0.25) is 0 Å². The Hall–Kier alpha value is -3.06. The summed E-state index contributed by atoms with van der Waals surface area (Å²) < 4.78 is 10.4. The zero-order chi connectivity index (χ0) is 22.0. The lowest BCUT2D eigenvalue weighted by molar-refractivity contribution is -0.158. The number of para-hydroxylation sites is 1. The predicted octanol–water partition coefficient (Wildman–Crippen LogP) is 3.37. The zero-order valence-corrected chi connectivity index (χ0v) is 18.1. The second kappa shape index (κ2) is 8.59. The highest BCUT2D eigenvalue weighted by Crippen LogP contribution is 2.53. The molecule has 2 saturated heterocycles. The number of fused-ring (bicyclic) bond motifs is 1. The topological polar surface area (TPSA) is 72.9 Å². The summed E-state index contributed by atoms with van der Waals surface area (Å²) in [5, 5.41) is -0.336. The van der Waals surface area contributed by atoms with Crippen molar-refractivity contribution < 1.29 is 23.9 Å². The lowest BCUT2D eigenvalue weighted by Crippen LogP contribution is -2.59. The minimum absolute atomic E-state index is 0.149. The molecule has 2 aliphatic rings. The van der Waals surface area contributed by atoms with E-state index in [1.165, 1.54) is 22.7 Å². The molecule has 0 unspecified atom stereocenters. The number of β-lactam (4-membered cyclic amide) rings is 1. The van der Waals surface area contributed by atoms with Gasteiger partial charge in [-0.3, -0.25) is 9.59 Å². The molecule has 1 amide bonds. The summed E-state index contributed by atoms with van der Waals surface area (Å²) in [6.45, 7) is 3.83. The van der Waals surface area contributed by atoms with Gasteiger partial charge in [-0.05, 0) is 37.6 Å². The van der Waals surface area contributed by atoms with Crippen LogP contribution in [-0.2, 0) is 25.7 Å². The third-order valence-electron chi connectivity index (χ3n) is 5.24. The van der Waals surface area contributed by atoms with Gasteiger partial charge in [0, 0.05) is 4.75 Å². The number of hydrogen-bond acceptors (Lipinski definition) is 6. The summed E-state index contributed by atoms with van der Waals surface area (Å²) in [5.74, 6) is -0.443. The van der Waals surface area contributed by atoms with E-state index < -0.39 is 16.8 Å². The number of esters is 1. The van der Waals surface area contributed by atoms with Gasteiger partial charge in [-0.15, -0.1) is 11.8 Å². The number of rotatable bonds is 7. The smallest absolute Gasteiger partial charge is 0.330 e. The lowest BCUT2D eigenvalue weighted by Gasteiger charge is -2.39. The molecule has 2 fully saturated rings. The van der Waals surface area contributed by atoms with Crippen LogP contribution in [0.4, 0.5) is 0 Å². The standard InChI is InChI=1S/C24H23NO5S/c1-24(2)20(23(28)30-14-16-9-5-3-6-10-16)25-21(27)19(22(25)31-24)13-17(26)15-29-18-11-7-4-8-12-18/h3-13,20,22H,14-15H2,1-2H3/b19-13+/t20-,22+/m0/s1. The largest absolute Gasteiger partial charge is 0.485 e. The minimum Gasteiger partial charge on any atom is -0.485 e. The molecule has 7 heteroatoms. The molecule has 2 heterocycles. The Morgan fingerprint density at radius 1 is 1.06 bits per heavy atom. The van der Waals surface area contributed by atoms with Crippen LogP contribution in [0.15, 0.2) is 72.3 Å². The highest BCUT2D eigenvalue weighted by atomic mass is 32.2. The van der Waals surface area contributed by atoms with Crippen LogP contribution in [0.1, 0.15) is 19.4 Å². The lowest BCUT2D eigenvalue weighted by atomic mass is 9.95. The van der Waals surface area contributed by atoms with Crippen molar-refractivity contribution in [1.82, 2.24) is 4.90 Å². The van der Waals surface area contributed by atoms with Gasteiger partial charge >= 0.3 is 5.97 Å². The van der Waals surface area contributed by atoms with Crippen LogP contribution in [0, 0.1) is 0 Å². The monoisotopic (exact) mass is 437 g/mol. The van der Waals surface area contributed by atoms with Crippen molar-refractivity contribution in [3.05, 3.63) is 77.9 Å². The Labute approximate surface area is 185 Å². The van der Waals surface area contributed by atoms with Crippen LogP contribution in [0.2, 0.25) is 0 Å². The maximum Gasteiger partial charge on any atom is 0.330 e. The van der Waals surface area contributed by atoms with Gasteiger partial charge in [0.1, 0.15) is 23.8 Å². The number of thioether (sulfide) groups is 1. The number of carbonyl (C=O) groups is 3. The molecule has 4 rings (SSSR count). The van der Waals surface area contributed by atoms with Crippen LogP contribution in [0.5, 0.6) is 5.75 Å². The molecule has 31 heavy (non-hydrogen) atoms. The number of ether oxygens (including phenoxy) is 2. The molecular formula is C24H23NO5S. The number of amides is 1. The summed E-state index contributed by atoms with van der Waals surface area (Å²) in [4.78, 5) is 39.4. The third kappa shape index (κ3) is 4.37. The van der Waals surface area contributed by atoms with Crippen molar-refractivity contribution >= 4 is 29.4 Å². The second-order valence-electron chi connectivity index (χ2n) is 7.95. The minimum atomic E-state index is -0.702. The molecule has 2 aromatic carbocycles. The van der Waals surface area contributed by atoms with Gasteiger partial charge in [-0.25, -0.2) is 4.79 Å². The van der Waals surface area contributed by atoms with E-state index in [0.29, 0.717) is 11.3 Å². The first kappa shape index (κ1) is 21.2. The van der Waals surface area contributed by atoms with Crippen LogP contribution < -0.4 is 4.74 Å². The van der Waals surface area contributed by atoms with Crippen LogP contribution >= 0.6 is 11.8 Å². The summed E-state index contributed by atoms with van der Waals surface area (Å²) in [5.41, 5.74) is 1.29. The normalized spacial score (nSPS) is 22.6. The van der Waals surface area contributed by atoms with E-state index in [-0.39, 0.29) is 30.3 Å². The summed E-state index contributed by atoms with van der Waals surface area (Å²) >= 11 is 1.49. The van der Waals surface area contributed by atoms with Crippen molar-refractivity contribution in [3.8, 4) is 5.75 Å². The van der Waals surface area contributed by atoms with Gasteiger partial charge in [0.05, 0.1) is 5.57 Å². The van der Waals surface area contributed by atoms with E-state index in [9.17, 15) is 14.4 Å². The van der Waals surface area contributed by atoms with Gasteiger partial charge in [0.25, 0.3) is 5.91 Å². The second-order valence-corrected chi connectivity index (χ2v) is 9.68. The van der Waals surface area contributed by atoms with Crippen LogP contribution in [0.3, 0.4) is 0 Å². The first-order valence-electron chi connectivity index (χ1n) is 10.00. The Balaban J connectivity index is 1.40. The Kier molecular flexibility index (Phi) is 5.87. The van der Waals surface area contributed by atoms with E-state index in [1.807, 2.05) is 62.4 Å².